The van der Waals surface area contributed by atoms with E-state index < -0.39 is 0 Å². The fourth-order valence-corrected chi connectivity index (χ4v) is 1.59. The molecule has 0 saturated carbocycles. The average Bonchev–Trinajstić information content (AvgIpc) is 2.16. The van der Waals surface area contributed by atoms with Gasteiger partial charge >= 0.3 is 0 Å². The van der Waals surface area contributed by atoms with E-state index in [4.69, 9.17) is 11.6 Å². The molecule has 0 aromatic heterocycles. The Hall–Kier alpha value is -1.25. The number of benzene rings is 2. The average molecular weight is 208 g/mol. The van der Waals surface area contributed by atoms with Crippen molar-refractivity contribution in [3.8, 4) is 0 Å². The van der Waals surface area contributed by atoms with Crippen LogP contribution in [0.1, 0.15) is 0 Å². The molecule has 3 heteroatoms. The molecule has 2 rings (SSSR count). The molecule has 0 amide bonds. The highest BCUT2D eigenvalue weighted by Gasteiger charge is 1.99. The van der Waals surface area contributed by atoms with Gasteiger partial charge in [-0.25, -0.2) is 0 Å². The van der Waals surface area contributed by atoms with Crippen LogP contribution >= 0.6 is 11.6 Å². The van der Waals surface area contributed by atoms with Gasteiger partial charge in [-0.2, -0.15) is 0 Å². The monoisotopic (exact) mass is 207 g/mol. The van der Waals surface area contributed by atoms with E-state index in [1.807, 2.05) is 36.4 Å². The molecular formula is C11H10ClNO. The van der Waals surface area contributed by atoms with Gasteiger partial charge < -0.3 is 0 Å². The highest BCUT2D eigenvalue weighted by molar-refractivity contribution is 6.31. The molecule has 0 radical (unpaired) electrons. The summed E-state index contributed by atoms with van der Waals surface area (Å²) >= 11 is 5.86. The van der Waals surface area contributed by atoms with Gasteiger partial charge in [-0.1, -0.05) is 23.7 Å². The van der Waals surface area contributed by atoms with E-state index in [1.54, 1.807) is 7.05 Å². The first kappa shape index (κ1) is 9.31. The van der Waals surface area contributed by atoms with Gasteiger partial charge in [0.1, 0.15) is 0 Å². The lowest BCUT2D eigenvalue weighted by molar-refractivity contribution is 0.279. The normalized spacial score (nSPS) is 10.5. The molecular weight excluding hydrogens is 198 g/mol. The fourth-order valence-electron chi connectivity index (χ4n) is 1.41. The third-order valence-electron chi connectivity index (χ3n) is 2.16. The van der Waals surface area contributed by atoms with Gasteiger partial charge in [0.05, 0.1) is 5.69 Å². The van der Waals surface area contributed by atoms with E-state index in [-0.39, 0.29) is 0 Å². The van der Waals surface area contributed by atoms with Crippen LogP contribution in [0.25, 0.3) is 10.8 Å². The summed E-state index contributed by atoms with van der Waals surface area (Å²) in [5.74, 6) is 0. The van der Waals surface area contributed by atoms with E-state index in [0.717, 1.165) is 26.5 Å². The topological polar surface area (TPSA) is 23.5 Å². The molecule has 0 aliphatic rings. The van der Waals surface area contributed by atoms with Gasteiger partial charge in [0.15, 0.2) is 0 Å². The third kappa shape index (κ3) is 1.67. The first-order valence-corrected chi connectivity index (χ1v) is 4.66. The molecule has 0 saturated heterocycles. The van der Waals surface area contributed by atoms with Crippen molar-refractivity contribution in [2.75, 3.05) is 12.1 Å². The van der Waals surface area contributed by atoms with Crippen molar-refractivity contribution in [2.45, 2.75) is 0 Å². The van der Waals surface area contributed by atoms with Gasteiger partial charge in [-0.3, -0.25) is 10.3 Å². The number of hydrogen-bond acceptors (Lipinski definition) is 2. The zero-order chi connectivity index (χ0) is 10.1. The predicted molar refractivity (Wildman–Crippen MR) is 59.1 cm³/mol. The lowest BCUT2D eigenvalue weighted by Crippen LogP contribution is -2.09. The van der Waals surface area contributed by atoms with Crippen LogP contribution in [0.2, 0.25) is 5.02 Å². The zero-order valence-corrected chi connectivity index (χ0v) is 8.49. The zero-order valence-electron chi connectivity index (χ0n) is 7.74. The Kier molecular flexibility index (Phi) is 2.32. The molecule has 2 aromatic carbocycles. The van der Waals surface area contributed by atoms with E-state index in [0.29, 0.717) is 0 Å². The van der Waals surface area contributed by atoms with Crippen LogP contribution in [0.4, 0.5) is 5.69 Å². The lowest BCUT2D eigenvalue weighted by atomic mass is 10.1. The van der Waals surface area contributed by atoms with Gasteiger partial charge in [-0.05, 0) is 35.0 Å². The minimum Gasteiger partial charge on any atom is -0.289 e. The predicted octanol–water partition coefficient (Wildman–Crippen LogP) is 3.32. The molecule has 1 N–H and O–H groups in total. The van der Waals surface area contributed by atoms with E-state index >= 15 is 0 Å². The molecule has 0 aliphatic carbocycles. The van der Waals surface area contributed by atoms with Gasteiger partial charge in [-0.15, -0.1) is 0 Å². The van der Waals surface area contributed by atoms with E-state index in [1.165, 1.54) is 0 Å². The number of halogens is 1. The summed E-state index contributed by atoms with van der Waals surface area (Å²) in [5, 5.41) is 13.2. The summed E-state index contributed by atoms with van der Waals surface area (Å²) < 4.78 is 0. The molecule has 0 atom stereocenters. The summed E-state index contributed by atoms with van der Waals surface area (Å²) in [6.07, 6.45) is 0. The fraction of sp³-hybridized carbons (Fsp3) is 0.0909. The van der Waals surface area contributed by atoms with Crippen LogP contribution in [-0.2, 0) is 0 Å². The number of hydrogen-bond donors (Lipinski definition) is 1. The Balaban J connectivity index is 2.62. The van der Waals surface area contributed by atoms with Crippen LogP contribution in [0.15, 0.2) is 36.4 Å². The molecule has 0 aliphatic heterocycles. The molecule has 14 heavy (non-hydrogen) atoms. The maximum atomic E-state index is 9.25. The van der Waals surface area contributed by atoms with Crippen LogP contribution in [0.3, 0.4) is 0 Å². The van der Waals surface area contributed by atoms with Gasteiger partial charge in [0.25, 0.3) is 0 Å². The Morgan fingerprint density at radius 1 is 1.07 bits per heavy atom. The second kappa shape index (κ2) is 3.48. The molecule has 0 unspecified atom stereocenters. The Labute approximate surface area is 87.3 Å². The summed E-state index contributed by atoms with van der Waals surface area (Å²) in [6, 6.07) is 11.4. The lowest BCUT2D eigenvalue weighted by Gasteiger charge is -2.10. The Morgan fingerprint density at radius 3 is 2.43 bits per heavy atom. The van der Waals surface area contributed by atoms with Crippen molar-refractivity contribution < 1.29 is 5.21 Å². The van der Waals surface area contributed by atoms with E-state index in [2.05, 4.69) is 0 Å². The number of anilines is 1. The van der Waals surface area contributed by atoms with Crippen LogP contribution < -0.4 is 5.06 Å². The Morgan fingerprint density at radius 2 is 1.71 bits per heavy atom. The highest BCUT2D eigenvalue weighted by atomic mass is 35.5. The molecule has 0 spiro atoms. The number of hydroxylamine groups is 1. The standard InChI is InChI=1S/C11H10ClNO/c1-13(14)11-5-3-8-6-10(12)4-2-9(8)7-11/h2-7,14H,1H3. The summed E-state index contributed by atoms with van der Waals surface area (Å²) in [7, 11) is 1.59. The molecule has 2 nitrogen and oxygen atoms in total. The second-order valence-corrected chi connectivity index (χ2v) is 3.64. The second-order valence-electron chi connectivity index (χ2n) is 3.20. The molecule has 72 valence electrons. The largest absolute Gasteiger partial charge is 0.289 e. The molecule has 2 aromatic rings. The van der Waals surface area contributed by atoms with Crippen LogP contribution in [-0.4, -0.2) is 12.3 Å². The van der Waals surface area contributed by atoms with Crippen LogP contribution in [0, 0.1) is 0 Å². The first-order chi connectivity index (χ1) is 6.66. The molecule has 0 fully saturated rings. The van der Waals surface area contributed by atoms with Crippen molar-refractivity contribution in [1.82, 2.24) is 0 Å². The van der Waals surface area contributed by atoms with E-state index in [9.17, 15) is 5.21 Å². The quantitative estimate of drug-likeness (QED) is 0.726. The summed E-state index contributed by atoms with van der Waals surface area (Å²) in [6.45, 7) is 0. The van der Waals surface area contributed by atoms with Crippen molar-refractivity contribution in [3.05, 3.63) is 41.4 Å². The Bertz CT molecular complexity index is 468. The first-order valence-electron chi connectivity index (χ1n) is 4.29. The minimum atomic E-state index is 0.725. The highest BCUT2D eigenvalue weighted by Crippen LogP contribution is 2.23. The maximum absolute atomic E-state index is 9.25. The van der Waals surface area contributed by atoms with Crippen molar-refractivity contribution in [3.63, 3.8) is 0 Å². The summed E-state index contributed by atoms with van der Waals surface area (Å²) in [5.41, 5.74) is 0.764. The van der Waals surface area contributed by atoms with Gasteiger partial charge in [0, 0.05) is 12.1 Å². The molecule has 0 bridgehead atoms. The smallest absolute Gasteiger partial charge is 0.0637 e. The third-order valence-corrected chi connectivity index (χ3v) is 2.39. The van der Waals surface area contributed by atoms with Crippen molar-refractivity contribution in [2.24, 2.45) is 0 Å². The molecule has 0 heterocycles. The minimum absolute atomic E-state index is 0.725. The SMILES string of the molecule is CN(O)c1ccc2cc(Cl)ccc2c1. The van der Waals surface area contributed by atoms with Crippen molar-refractivity contribution in [1.29, 1.82) is 0 Å². The van der Waals surface area contributed by atoms with Gasteiger partial charge in [0.2, 0.25) is 0 Å². The van der Waals surface area contributed by atoms with Crippen molar-refractivity contribution >= 4 is 28.1 Å². The number of rotatable bonds is 1. The van der Waals surface area contributed by atoms with Crippen LogP contribution in [0.5, 0.6) is 0 Å². The summed E-state index contributed by atoms with van der Waals surface area (Å²) in [4.78, 5) is 0. The number of fused-ring (bicyclic) bond motifs is 1. The number of nitrogens with zero attached hydrogens (tertiary/aromatic N) is 1. The maximum Gasteiger partial charge on any atom is 0.0637 e.